The molecule has 1 aromatic rings. The molecule has 0 fully saturated rings. The van der Waals surface area contributed by atoms with Crippen molar-refractivity contribution >= 4 is 5.91 Å². The van der Waals surface area contributed by atoms with Gasteiger partial charge in [-0.1, -0.05) is 24.8 Å². The van der Waals surface area contributed by atoms with Crippen LogP contribution >= 0.6 is 0 Å². The van der Waals surface area contributed by atoms with Crippen molar-refractivity contribution in [3.63, 3.8) is 0 Å². The third kappa shape index (κ3) is 4.59. The molecule has 1 N–H and O–H groups in total. The van der Waals surface area contributed by atoms with E-state index < -0.39 is 0 Å². The van der Waals surface area contributed by atoms with Gasteiger partial charge in [0.2, 0.25) is 5.91 Å². The standard InChI is InChI=1S/C14H20N2O2/c1-11(2)14(17)15-10-13(16(3)4)18-12-8-6-5-7-9-12/h5-9,13H,1,10H2,2-4H3,(H,15,17). The number of rotatable bonds is 6. The van der Waals surface area contributed by atoms with Gasteiger partial charge in [-0.25, -0.2) is 0 Å². The number of hydrogen-bond acceptors (Lipinski definition) is 3. The van der Waals surface area contributed by atoms with Crippen LogP contribution in [0.15, 0.2) is 42.5 Å². The molecule has 4 heteroatoms. The van der Waals surface area contributed by atoms with E-state index in [9.17, 15) is 4.79 Å². The Hall–Kier alpha value is -1.81. The zero-order valence-corrected chi connectivity index (χ0v) is 11.1. The Morgan fingerprint density at radius 2 is 2.00 bits per heavy atom. The fraction of sp³-hybridized carbons (Fsp3) is 0.357. The summed E-state index contributed by atoms with van der Waals surface area (Å²) in [7, 11) is 3.81. The molecule has 98 valence electrons. The van der Waals surface area contributed by atoms with Gasteiger partial charge in [-0.05, 0) is 33.2 Å². The number of hydrogen-bond donors (Lipinski definition) is 1. The number of para-hydroxylation sites is 1. The van der Waals surface area contributed by atoms with E-state index in [1.165, 1.54) is 0 Å². The van der Waals surface area contributed by atoms with E-state index in [1.807, 2.05) is 49.3 Å². The molecule has 1 amide bonds. The molecule has 0 radical (unpaired) electrons. The first-order valence-electron chi connectivity index (χ1n) is 5.82. The molecule has 0 bridgehead atoms. The van der Waals surface area contributed by atoms with Gasteiger partial charge in [0.25, 0.3) is 0 Å². The molecule has 4 nitrogen and oxygen atoms in total. The van der Waals surface area contributed by atoms with Crippen molar-refractivity contribution in [2.75, 3.05) is 20.6 Å². The van der Waals surface area contributed by atoms with Crippen molar-refractivity contribution in [1.29, 1.82) is 0 Å². The first-order valence-corrected chi connectivity index (χ1v) is 5.82. The summed E-state index contributed by atoms with van der Waals surface area (Å²) in [6.45, 7) is 5.68. The first-order chi connectivity index (χ1) is 8.50. The summed E-state index contributed by atoms with van der Waals surface area (Å²) < 4.78 is 5.79. The molecule has 0 aliphatic carbocycles. The second-order valence-electron chi connectivity index (χ2n) is 4.34. The molecule has 0 heterocycles. The molecule has 1 rings (SSSR count). The summed E-state index contributed by atoms with van der Waals surface area (Å²) in [6, 6.07) is 9.53. The molecule has 1 unspecified atom stereocenters. The Labute approximate surface area is 108 Å². The number of carbonyl (C=O) groups excluding carboxylic acids is 1. The predicted octanol–water partition coefficient (Wildman–Crippen LogP) is 1.65. The van der Waals surface area contributed by atoms with Crippen LogP contribution in [0.25, 0.3) is 0 Å². The van der Waals surface area contributed by atoms with Gasteiger partial charge in [-0.15, -0.1) is 0 Å². The fourth-order valence-corrected chi connectivity index (χ4v) is 1.32. The van der Waals surface area contributed by atoms with E-state index in [0.717, 1.165) is 5.75 Å². The van der Waals surface area contributed by atoms with Crippen LogP contribution in [0.1, 0.15) is 6.92 Å². The number of benzene rings is 1. The smallest absolute Gasteiger partial charge is 0.246 e. The molecule has 0 saturated heterocycles. The van der Waals surface area contributed by atoms with E-state index in [4.69, 9.17) is 4.74 Å². The lowest BCUT2D eigenvalue weighted by molar-refractivity contribution is -0.118. The van der Waals surface area contributed by atoms with Crippen molar-refractivity contribution in [3.05, 3.63) is 42.5 Å². The lowest BCUT2D eigenvalue weighted by atomic mass is 10.3. The summed E-state index contributed by atoms with van der Waals surface area (Å²) in [5, 5.41) is 2.78. The van der Waals surface area contributed by atoms with Crippen LogP contribution in [-0.2, 0) is 4.79 Å². The number of ether oxygens (including phenoxy) is 1. The summed E-state index contributed by atoms with van der Waals surface area (Å²) in [4.78, 5) is 13.3. The Morgan fingerprint density at radius 1 is 1.39 bits per heavy atom. The van der Waals surface area contributed by atoms with Crippen molar-refractivity contribution in [1.82, 2.24) is 10.2 Å². The van der Waals surface area contributed by atoms with Gasteiger partial charge >= 0.3 is 0 Å². The number of nitrogens with one attached hydrogen (secondary N) is 1. The monoisotopic (exact) mass is 248 g/mol. The van der Waals surface area contributed by atoms with E-state index >= 15 is 0 Å². The molecular formula is C14H20N2O2. The van der Waals surface area contributed by atoms with Gasteiger partial charge < -0.3 is 10.1 Å². The van der Waals surface area contributed by atoms with Gasteiger partial charge in [0.1, 0.15) is 5.75 Å². The zero-order chi connectivity index (χ0) is 13.5. The summed E-state index contributed by atoms with van der Waals surface area (Å²) in [5.74, 6) is 0.624. The molecule has 0 aliphatic heterocycles. The van der Waals surface area contributed by atoms with Crippen molar-refractivity contribution in [2.24, 2.45) is 0 Å². The molecular weight excluding hydrogens is 228 g/mol. The summed E-state index contributed by atoms with van der Waals surface area (Å²) in [5.41, 5.74) is 0.493. The van der Waals surface area contributed by atoms with Crippen LogP contribution in [0.5, 0.6) is 5.75 Å². The van der Waals surface area contributed by atoms with Gasteiger partial charge in [-0.3, -0.25) is 9.69 Å². The highest BCUT2D eigenvalue weighted by Crippen LogP contribution is 2.11. The quantitative estimate of drug-likeness (QED) is 0.615. The maximum Gasteiger partial charge on any atom is 0.246 e. The third-order valence-corrected chi connectivity index (χ3v) is 2.42. The largest absolute Gasteiger partial charge is 0.473 e. The van der Waals surface area contributed by atoms with E-state index in [0.29, 0.717) is 12.1 Å². The minimum Gasteiger partial charge on any atom is -0.473 e. The minimum atomic E-state index is -0.212. The van der Waals surface area contributed by atoms with Crippen LogP contribution in [0.3, 0.4) is 0 Å². The highest BCUT2D eigenvalue weighted by Gasteiger charge is 2.14. The molecule has 1 aromatic carbocycles. The maximum absolute atomic E-state index is 11.4. The highest BCUT2D eigenvalue weighted by atomic mass is 16.5. The predicted molar refractivity (Wildman–Crippen MR) is 72.4 cm³/mol. The van der Waals surface area contributed by atoms with Crippen molar-refractivity contribution in [2.45, 2.75) is 13.2 Å². The summed E-state index contributed by atoms with van der Waals surface area (Å²) >= 11 is 0. The normalized spacial score (nSPS) is 12.0. The second-order valence-corrected chi connectivity index (χ2v) is 4.34. The van der Waals surface area contributed by atoms with Crippen LogP contribution in [0, 0.1) is 0 Å². The van der Waals surface area contributed by atoms with E-state index in [-0.39, 0.29) is 12.1 Å². The fourth-order valence-electron chi connectivity index (χ4n) is 1.32. The van der Waals surface area contributed by atoms with Crippen molar-refractivity contribution < 1.29 is 9.53 Å². The molecule has 0 aromatic heterocycles. The Bertz CT molecular complexity index is 402. The van der Waals surface area contributed by atoms with Crippen LogP contribution in [-0.4, -0.2) is 37.7 Å². The van der Waals surface area contributed by atoms with Gasteiger partial charge in [0.05, 0.1) is 6.54 Å². The average molecular weight is 248 g/mol. The van der Waals surface area contributed by atoms with Gasteiger partial charge in [0.15, 0.2) is 6.23 Å². The van der Waals surface area contributed by atoms with Crippen LogP contribution in [0.2, 0.25) is 0 Å². The number of likely N-dealkylation sites (N-methyl/N-ethyl adjacent to an activating group) is 1. The minimum absolute atomic E-state index is 0.154. The Morgan fingerprint density at radius 3 is 2.50 bits per heavy atom. The van der Waals surface area contributed by atoms with E-state index in [2.05, 4.69) is 11.9 Å². The maximum atomic E-state index is 11.4. The number of carbonyl (C=O) groups is 1. The summed E-state index contributed by atoms with van der Waals surface area (Å²) in [6.07, 6.45) is -0.212. The molecule has 18 heavy (non-hydrogen) atoms. The second kappa shape index (κ2) is 6.81. The van der Waals surface area contributed by atoms with Gasteiger partial charge in [-0.2, -0.15) is 0 Å². The first kappa shape index (κ1) is 14.3. The van der Waals surface area contributed by atoms with Crippen molar-refractivity contribution in [3.8, 4) is 5.75 Å². The SMILES string of the molecule is C=C(C)C(=O)NCC(Oc1ccccc1)N(C)C. The zero-order valence-electron chi connectivity index (χ0n) is 11.1. The molecule has 0 saturated carbocycles. The Balaban J connectivity index is 2.56. The Kier molecular flexibility index (Phi) is 5.39. The topological polar surface area (TPSA) is 41.6 Å². The van der Waals surface area contributed by atoms with Crippen LogP contribution < -0.4 is 10.1 Å². The average Bonchev–Trinajstić information content (AvgIpc) is 2.34. The number of amides is 1. The lowest BCUT2D eigenvalue weighted by Gasteiger charge is -2.25. The molecule has 0 aliphatic rings. The van der Waals surface area contributed by atoms with E-state index in [1.54, 1.807) is 6.92 Å². The van der Waals surface area contributed by atoms with Gasteiger partial charge in [0, 0.05) is 5.57 Å². The van der Waals surface area contributed by atoms with Crippen LogP contribution in [0.4, 0.5) is 0 Å². The number of nitrogens with zero attached hydrogens (tertiary/aromatic N) is 1. The highest BCUT2D eigenvalue weighted by molar-refractivity contribution is 5.92. The molecule has 0 spiro atoms. The lowest BCUT2D eigenvalue weighted by Crippen LogP contribution is -2.44. The molecule has 1 atom stereocenters. The third-order valence-electron chi connectivity index (χ3n) is 2.42.